The highest BCUT2D eigenvalue weighted by molar-refractivity contribution is 5.95. The minimum absolute atomic E-state index is 0.0152. The molecule has 2 unspecified atom stereocenters. The number of carboxylic acid groups (broad SMARTS) is 1. The molecule has 0 spiro atoms. The average Bonchev–Trinajstić information content (AvgIpc) is 2.81. The maximum atomic E-state index is 12.4. The average molecular weight is 277 g/mol. The van der Waals surface area contributed by atoms with Gasteiger partial charge in [-0.3, -0.25) is 9.59 Å². The lowest BCUT2D eigenvalue weighted by Gasteiger charge is -2.16. The lowest BCUT2D eigenvalue weighted by molar-refractivity contribution is -0.142. The van der Waals surface area contributed by atoms with Gasteiger partial charge in [0.1, 0.15) is 0 Å². The summed E-state index contributed by atoms with van der Waals surface area (Å²) in [6.07, 6.45) is 0. The number of amides is 1. The van der Waals surface area contributed by atoms with Crippen molar-refractivity contribution in [3.05, 3.63) is 35.4 Å². The molecular formula is C15H19NO4. The van der Waals surface area contributed by atoms with Gasteiger partial charge in [-0.2, -0.15) is 0 Å². The summed E-state index contributed by atoms with van der Waals surface area (Å²) >= 11 is 0. The molecule has 1 aliphatic rings. The zero-order chi connectivity index (χ0) is 14.7. The van der Waals surface area contributed by atoms with Gasteiger partial charge in [0.2, 0.25) is 0 Å². The Labute approximate surface area is 118 Å². The third kappa shape index (κ3) is 2.99. The van der Waals surface area contributed by atoms with Crippen LogP contribution in [-0.4, -0.2) is 42.1 Å². The molecule has 108 valence electrons. The molecule has 1 aromatic rings. The van der Waals surface area contributed by atoms with E-state index in [1.807, 2.05) is 19.1 Å². The molecule has 0 bridgehead atoms. The molecule has 20 heavy (non-hydrogen) atoms. The zero-order valence-electron chi connectivity index (χ0n) is 11.7. The predicted octanol–water partition coefficient (Wildman–Crippen LogP) is 1.63. The van der Waals surface area contributed by atoms with Crippen LogP contribution >= 0.6 is 0 Å². The Morgan fingerprint density at radius 2 is 2.15 bits per heavy atom. The van der Waals surface area contributed by atoms with Gasteiger partial charge in [-0.15, -0.1) is 0 Å². The molecule has 2 atom stereocenters. The Balaban J connectivity index is 2.12. The van der Waals surface area contributed by atoms with Crippen molar-refractivity contribution in [1.82, 2.24) is 4.90 Å². The molecule has 2 rings (SSSR count). The van der Waals surface area contributed by atoms with Gasteiger partial charge in [-0.05, 0) is 23.6 Å². The summed E-state index contributed by atoms with van der Waals surface area (Å²) in [5, 5.41) is 9.11. The van der Waals surface area contributed by atoms with E-state index in [-0.39, 0.29) is 18.4 Å². The topological polar surface area (TPSA) is 66.8 Å². The summed E-state index contributed by atoms with van der Waals surface area (Å²) in [6, 6.07) is 7.26. The SMILES string of the molecule is COCc1cccc(C(=O)N2CC(C)C(C(=O)O)C2)c1. The second kappa shape index (κ2) is 6.05. The fraction of sp³-hybridized carbons (Fsp3) is 0.467. The van der Waals surface area contributed by atoms with Crippen molar-refractivity contribution in [3.8, 4) is 0 Å². The minimum Gasteiger partial charge on any atom is -0.481 e. The van der Waals surface area contributed by atoms with Crippen molar-refractivity contribution in [2.45, 2.75) is 13.5 Å². The monoisotopic (exact) mass is 277 g/mol. The molecule has 5 nitrogen and oxygen atoms in total. The molecular weight excluding hydrogens is 258 g/mol. The van der Waals surface area contributed by atoms with Gasteiger partial charge >= 0.3 is 5.97 Å². The van der Waals surface area contributed by atoms with E-state index in [1.54, 1.807) is 24.1 Å². The molecule has 0 radical (unpaired) electrons. The Bertz CT molecular complexity index is 514. The smallest absolute Gasteiger partial charge is 0.308 e. The lowest BCUT2D eigenvalue weighted by Crippen LogP contribution is -2.30. The largest absolute Gasteiger partial charge is 0.481 e. The second-order valence-electron chi connectivity index (χ2n) is 5.27. The van der Waals surface area contributed by atoms with Crippen molar-refractivity contribution in [3.63, 3.8) is 0 Å². The third-order valence-corrected chi connectivity index (χ3v) is 3.70. The predicted molar refractivity (Wildman–Crippen MR) is 73.3 cm³/mol. The van der Waals surface area contributed by atoms with Crippen molar-refractivity contribution < 1.29 is 19.4 Å². The summed E-state index contributed by atoms with van der Waals surface area (Å²) in [5.74, 6) is -1.43. The number of benzene rings is 1. The normalized spacial score (nSPS) is 22.0. The van der Waals surface area contributed by atoms with Crippen molar-refractivity contribution >= 4 is 11.9 Å². The Morgan fingerprint density at radius 3 is 2.75 bits per heavy atom. The van der Waals surface area contributed by atoms with E-state index in [4.69, 9.17) is 9.84 Å². The summed E-state index contributed by atoms with van der Waals surface area (Å²) in [4.78, 5) is 25.1. The van der Waals surface area contributed by atoms with Crippen LogP contribution in [0.1, 0.15) is 22.8 Å². The highest BCUT2D eigenvalue weighted by Gasteiger charge is 2.37. The lowest BCUT2D eigenvalue weighted by atomic mass is 9.99. The van der Waals surface area contributed by atoms with E-state index in [0.29, 0.717) is 18.7 Å². The molecule has 0 aromatic heterocycles. The van der Waals surface area contributed by atoms with Crippen LogP contribution in [0, 0.1) is 11.8 Å². The first-order chi connectivity index (χ1) is 9.52. The van der Waals surface area contributed by atoms with E-state index in [9.17, 15) is 9.59 Å². The molecule has 1 aliphatic heterocycles. The van der Waals surface area contributed by atoms with E-state index >= 15 is 0 Å². The fourth-order valence-corrected chi connectivity index (χ4v) is 2.60. The standard InChI is InChI=1S/C15H19NO4/c1-10-7-16(8-13(10)15(18)19)14(17)12-5-3-4-11(6-12)9-20-2/h3-6,10,13H,7-9H2,1-2H3,(H,18,19). The first kappa shape index (κ1) is 14.5. The molecule has 5 heteroatoms. The Hall–Kier alpha value is -1.88. The summed E-state index contributed by atoms with van der Waals surface area (Å²) in [7, 11) is 1.61. The molecule has 1 saturated heterocycles. The van der Waals surface area contributed by atoms with Gasteiger partial charge in [-0.1, -0.05) is 19.1 Å². The summed E-state index contributed by atoms with van der Waals surface area (Å²) < 4.78 is 5.05. The van der Waals surface area contributed by atoms with E-state index in [2.05, 4.69) is 0 Å². The highest BCUT2D eigenvalue weighted by atomic mass is 16.5. The third-order valence-electron chi connectivity index (χ3n) is 3.70. The maximum Gasteiger partial charge on any atom is 0.308 e. The van der Waals surface area contributed by atoms with Gasteiger partial charge < -0.3 is 14.7 Å². The number of nitrogens with zero attached hydrogens (tertiary/aromatic N) is 1. The number of carbonyl (C=O) groups excluding carboxylic acids is 1. The molecule has 1 N–H and O–H groups in total. The van der Waals surface area contributed by atoms with Gasteiger partial charge in [0.05, 0.1) is 12.5 Å². The van der Waals surface area contributed by atoms with Crippen LogP contribution in [0.3, 0.4) is 0 Å². The highest BCUT2D eigenvalue weighted by Crippen LogP contribution is 2.24. The Morgan fingerprint density at radius 1 is 1.40 bits per heavy atom. The fourth-order valence-electron chi connectivity index (χ4n) is 2.60. The second-order valence-corrected chi connectivity index (χ2v) is 5.27. The number of carboxylic acids is 1. The van der Waals surface area contributed by atoms with E-state index in [1.165, 1.54) is 0 Å². The molecule has 1 heterocycles. The van der Waals surface area contributed by atoms with Crippen LogP contribution in [0.15, 0.2) is 24.3 Å². The summed E-state index contributed by atoms with van der Waals surface area (Å²) in [6.45, 7) is 3.09. The van der Waals surface area contributed by atoms with Crippen LogP contribution in [-0.2, 0) is 16.1 Å². The van der Waals surface area contributed by atoms with Crippen LogP contribution in [0.4, 0.5) is 0 Å². The molecule has 1 aromatic carbocycles. The van der Waals surface area contributed by atoms with Gasteiger partial charge in [0.15, 0.2) is 0 Å². The zero-order valence-corrected chi connectivity index (χ0v) is 11.7. The molecule has 1 fully saturated rings. The minimum atomic E-state index is -0.832. The van der Waals surface area contributed by atoms with Gasteiger partial charge in [0.25, 0.3) is 5.91 Å². The number of aliphatic carboxylic acids is 1. The van der Waals surface area contributed by atoms with Crippen LogP contribution < -0.4 is 0 Å². The number of hydrogen-bond donors (Lipinski definition) is 1. The first-order valence-electron chi connectivity index (χ1n) is 6.63. The number of carbonyl (C=O) groups is 2. The van der Waals surface area contributed by atoms with E-state index in [0.717, 1.165) is 5.56 Å². The van der Waals surface area contributed by atoms with E-state index < -0.39 is 11.9 Å². The quantitative estimate of drug-likeness (QED) is 0.908. The van der Waals surface area contributed by atoms with Gasteiger partial charge in [-0.25, -0.2) is 0 Å². The molecule has 0 saturated carbocycles. The number of methoxy groups -OCH3 is 1. The number of ether oxygens (including phenoxy) is 1. The number of rotatable bonds is 4. The van der Waals surface area contributed by atoms with Crippen LogP contribution in [0.25, 0.3) is 0 Å². The van der Waals surface area contributed by atoms with Gasteiger partial charge in [0, 0.05) is 25.8 Å². The van der Waals surface area contributed by atoms with Crippen LogP contribution in [0.2, 0.25) is 0 Å². The molecule has 1 amide bonds. The number of likely N-dealkylation sites (tertiary alicyclic amines) is 1. The Kier molecular flexibility index (Phi) is 4.39. The molecule has 0 aliphatic carbocycles. The van der Waals surface area contributed by atoms with Crippen molar-refractivity contribution in [1.29, 1.82) is 0 Å². The first-order valence-corrected chi connectivity index (χ1v) is 6.63. The maximum absolute atomic E-state index is 12.4. The summed E-state index contributed by atoms with van der Waals surface area (Å²) in [5.41, 5.74) is 1.51. The van der Waals surface area contributed by atoms with Crippen molar-refractivity contribution in [2.24, 2.45) is 11.8 Å². The number of hydrogen-bond acceptors (Lipinski definition) is 3. The van der Waals surface area contributed by atoms with Crippen LogP contribution in [0.5, 0.6) is 0 Å². The van der Waals surface area contributed by atoms with Crippen molar-refractivity contribution in [2.75, 3.05) is 20.2 Å².